The van der Waals surface area contributed by atoms with Crippen LogP contribution in [0.4, 0.5) is 5.00 Å². The molecule has 1 amide bonds. The van der Waals surface area contributed by atoms with Crippen LogP contribution in [0, 0.1) is 36.5 Å². The molecule has 2 aromatic heterocycles. The van der Waals surface area contributed by atoms with Crippen LogP contribution < -0.4 is 10.1 Å². The van der Waals surface area contributed by atoms with Gasteiger partial charge in [-0.2, -0.15) is 5.26 Å². The molecule has 0 spiro atoms. The molecule has 35 heavy (non-hydrogen) atoms. The summed E-state index contributed by atoms with van der Waals surface area (Å²) in [5, 5.41) is 21.6. The van der Waals surface area contributed by atoms with Crippen molar-refractivity contribution >= 4 is 34.0 Å². The van der Waals surface area contributed by atoms with Crippen molar-refractivity contribution in [3.8, 4) is 11.8 Å². The molecule has 0 saturated heterocycles. The van der Waals surface area contributed by atoms with Crippen molar-refractivity contribution in [2.24, 2.45) is 11.3 Å². The fraction of sp³-hybridized carbons (Fsp3) is 0.462. The minimum absolute atomic E-state index is 0.109. The fourth-order valence-electron chi connectivity index (χ4n) is 4.34. The first-order valence-corrected chi connectivity index (χ1v) is 13.4. The van der Waals surface area contributed by atoms with Crippen LogP contribution in [0.1, 0.15) is 60.2 Å². The normalized spacial score (nSPS) is 15.4. The van der Waals surface area contributed by atoms with Gasteiger partial charge in [0.15, 0.2) is 6.61 Å². The van der Waals surface area contributed by atoms with E-state index in [0.717, 1.165) is 53.5 Å². The Morgan fingerprint density at radius 1 is 1.31 bits per heavy atom. The molecule has 1 N–H and O–H groups in total. The van der Waals surface area contributed by atoms with E-state index in [4.69, 9.17) is 9.15 Å². The molecule has 0 bridgehead atoms. The molecule has 2 heterocycles. The van der Waals surface area contributed by atoms with E-state index >= 15 is 0 Å². The van der Waals surface area contributed by atoms with E-state index in [1.807, 2.05) is 32.0 Å². The maximum atomic E-state index is 12.6. The van der Waals surface area contributed by atoms with Gasteiger partial charge in [-0.15, -0.1) is 21.5 Å². The quantitative estimate of drug-likeness (QED) is 0.384. The third-order valence-corrected chi connectivity index (χ3v) is 8.37. The fourth-order valence-corrected chi connectivity index (χ4v) is 6.21. The molecule has 9 heteroatoms. The third-order valence-electron chi connectivity index (χ3n) is 6.38. The van der Waals surface area contributed by atoms with Crippen LogP contribution in [-0.2, 0) is 24.2 Å². The van der Waals surface area contributed by atoms with Gasteiger partial charge >= 0.3 is 0 Å². The molecule has 4 rings (SSSR count). The Morgan fingerprint density at radius 3 is 2.74 bits per heavy atom. The number of rotatable bonds is 7. The lowest BCUT2D eigenvalue weighted by molar-refractivity contribution is -0.113. The Kier molecular flexibility index (Phi) is 7.53. The molecule has 1 aliphatic carbocycles. The average Bonchev–Trinajstić information content (AvgIpc) is 3.39. The highest BCUT2D eigenvalue weighted by Gasteiger charge is 2.32. The van der Waals surface area contributed by atoms with E-state index in [2.05, 4.69) is 42.4 Å². The number of thioether (sulfide) groups is 1. The smallest absolute Gasteiger partial charge is 0.277 e. The SMILES string of the molecule is Cc1cccc(C)c1OCc1nnc(SCC(=O)Nc2sc3c(c2C#N)CC[C@@H](C(C)(C)C)C3)o1. The standard InChI is InChI=1S/C26H30N4O3S2/c1-15-7-6-8-16(2)23(15)32-13-22-29-30-25(33-22)34-14-21(31)28-24-19(12-27)18-10-9-17(26(3,4)5)11-20(18)35-24/h6-8,17H,9-11,13-14H2,1-5H3,(H,28,31)/t17-/m1/s1. The average molecular weight is 511 g/mol. The number of benzene rings is 1. The zero-order valence-electron chi connectivity index (χ0n) is 20.7. The van der Waals surface area contributed by atoms with Crippen LogP contribution in [0.5, 0.6) is 5.75 Å². The lowest BCUT2D eigenvalue weighted by Crippen LogP contribution is -2.26. The number of carbonyl (C=O) groups is 1. The number of thiophene rings is 1. The maximum absolute atomic E-state index is 12.6. The summed E-state index contributed by atoms with van der Waals surface area (Å²) in [5.74, 6) is 1.63. The highest BCUT2D eigenvalue weighted by molar-refractivity contribution is 7.99. The summed E-state index contributed by atoms with van der Waals surface area (Å²) in [4.78, 5) is 13.9. The summed E-state index contributed by atoms with van der Waals surface area (Å²) in [5.41, 5.74) is 4.01. The number of aryl methyl sites for hydroxylation is 2. The number of anilines is 1. The van der Waals surface area contributed by atoms with Gasteiger partial charge in [0.25, 0.3) is 11.1 Å². The molecule has 184 valence electrons. The van der Waals surface area contributed by atoms with E-state index in [1.165, 1.54) is 16.2 Å². The number of ether oxygens (including phenoxy) is 1. The second kappa shape index (κ2) is 10.4. The van der Waals surface area contributed by atoms with Crippen LogP contribution in [0.3, 0.4) is 0 Å². The number of hydrogen-bond acceptors (Lipinski definition) is 8. The minimum Gasteiger partial charge on any atom is -0.483 e. The van der Waals surface area contributed by atoms with Crippen molar-refractivity contribution in [2.45, 2.75) is 65.7 Å². The van der Waals surface area contributed by atoms with Gasteiger partial charge in [0.05, 0.1) is 11.3 Å². The van der Waals surface area contributed by atoms with Crippen molar-refractivity contribution in [1.82, 2.24) is 10.2 Å². The molecular weight excluding hydrogens is 480 g/mol. The number of aromatic nitrogens is 2. The van der Waals surface area contributed by atoms with Gasteiger partial charge in [0.2, 0.25) is 5.91 Å². The van der Waals surface area contributed by atoms with Gasteiger partial charge in [0.1, 0.15) is 16.8 Å². The Labute approximate surface area is 214 Å². The van der Waals surface area contributed by atoms with Gasteiger partial charge in [-0.3, -0.25) is 4.79 Å². The summed E-state index contributed by atoms with van der Waals surface area (Å²) >= 11 is 2.70. The topological polar surface area (TPSA) is 101 Å². The van der Waals surface area contributed by atoms with E-state index in [-0.39, 0.29) is 23.7 Å². The monoisotopic (exact) mass is 510 g/mol. The lowest BCUT2D eigenvalue weighted by Gasteiger charge is -2.33. The first-order chi connectivity index (χ1) is 16.7. The number of fused-ring (bicyclic) bond motifs is 1. The highest BCUT2D eigenvalue weighted by atomic mass is 32.2. The van der Waals surface area contributed by atoms with Crippen LogP contribution in [0.25, 0.3) is 0 Å². The van der Waals surface area contributed by atoms with Gasteiger partial charge in [-0.05, 0) is 61.1 Å². The number of carbonyl (C=O) groups excluding carboxylic acids is 1. The van der Waals surface area contributed by atoms with E-state index in [9.17, 15) is 10.1 Å². The number of nitrogens with zero attached hydrogens (tertiary/aromatic N) is 3. The number of para-hydroxylation sites is 1. The van der Waals surface area contributed by atoms with Crippen molar-refractivity contribution in [3.05, 3.63) is 51.2 Å². The summed E-state index contributed by atoms with van der Waals surface area (Å²) < 4.78 is 11.5. The van der Waals surface area contributed by atoms with Crippen molar-refractivity contribution in [3.63, 3.8) is 0 Å². The molecule has 3 aromatic rings. The van der Waals surface area contributed by atoms with Gasteiger partial charge < -0.3 is 14.5 Å². The van der Waals surface area contributed by atoms with E-state index < -0.39 is 0 Å². The van der Waals surface area contributed by atoms with Crippen molar-refractivity contribution in [2.75, 3.05) is 11.1 Å². The first-order valence-electron chi connectivity index (χ1n) is 11.6. The van der Waals surface area contributed by atoms with Crippen molar-refractivity contribution < 1.29 is 13.9 Å². The number of hydrogen-bond donors (Lipinski definition) is 1. The Balaban J connectivity index is 1.33. The molecule has 1 aromatic carbocycles. The Morgan fingerprint density at radius 2 is 2.06 bits per heavy atom. The zero-order chi connectivity index (χ0) is 25.2. The molecule has 0 saturated carbocycles. The molecule has 7 nitrogen and oxygen atoms in total. The maximum Gasteiger partial charge on any atom is 0.277 e. The molecule has 1 atom stereocenters. The number of amides is 1. The van der Waals surface area contributed by atoms with E-state index in [0.29, 0.717) is 27.6 Å². The highest BCUT2D eigenvalue weighted by Crippen LogP contribution is 2.44. The van der Waals surface area contributed by atoms with Gasteiger partial charge in [0, 0.05) is 4.88 Å². The van der Waals surface area contributed by atoms with Crippen molar-refractivity contribution in [1.29, 1.82) is 5.26 Å². The molecule has 0 unspecified atom stereocenters. The zero-order valence-corrected chi connectivity index (χ0v) is 22.4. The Hall–Kier alpha value is -2.83. The molecule has 0 fully saturated rings. The minimum atomic E-state index is -0.205. The summed E-state index contributed by atoms with van der Waals surface area (Å²) in [7, 11) is 0. The molecule has 1 aliphatic rings. The molecule has 0 radical (unpaired) electrons. The predicted molar refractivity (Wildman–Crippen MR) is 138 cm³/mol. The lowest BCUT2D eigenvalue weighted by atomic mass is 9.72. The largest absolute Gasteiger partial charge is 0.483 e. The second-order valence-electron chi connectivity index (χ2n) is 9.93. The van der Waals surface area contributed by atoms with Gasteiger partial charge in [-0.25, -0.2) is 0 Å². The predicted octanol–water partition coefficient (Wildman–Crippen LogP) is 6.08. The first kappa shape index (κ1) is 25.3. The van der Waals surface area contributed by atoms with E-state index in [1.54, 1.807) is 0 Å². The summed E-state index contributed by atoms with van der Waals surface area (Å²) in [6.07, 6.45) is 2.91. The number of nitrogens with one attached hydrogen (secondary N) is 1. The van der Waals surface area contributed by atoms with Crippen LogP contribution >= 0.6 is 23.1 Å². The Bertz CT molecular complexity index is 1250. The molecular formula is C26H30N4O3S2. The van der Waals surface area contributed by atoms with Gasteiger partial charge in [-0.1, -0.05) is 50.7 Å². The molecule has 0 aliphatic heterocycles. The number of nitriles is 1. The second-order valence-corrected chi connectivity index (χ2v) is 12.0. The van der Waals surface area contributed by atoms with Crippen LogP contribution in [0.2, 0.25) is 0 Å². The van der Waals surface area contributed by atoms with Crippen LogP contribution in [0.15, 0.2) is 27.8 Å². The third kappa shape index (κ3) is 5.88. The summed E-state index contributed by atoms with van der Waals surface area (Å²) in [6, 6.07) is 8.27. The summed E-state index contributed by atoms with van der Waals surface area (Å²) in [6.45, 7) is 10.9. The van der Waals surface area contributed by atoms with Crippen LogP contribution in [-0.4, -0.2) is 21.9 Å².